The van der Waals surface area contributed by atoms with E-state index in [9.17, 15) is 5.11 Å². The van der Waals surface area contributed by atoms with E-state index in [4.69, 9.17) is 13.9 Å². The number of hydrogen-bond donors (Lipinski definition) is 1. The van der Waals surface area contributed by atoms with Crippen LogP contribution in [0, 0.1) is 0 Å². The van der Waals surface area contributed by atoms with E-state index >= 15 is 0 Å². The highest BCUT2D eigenvalue weighted by molar-refractivity contribution is 5.24. The maximum atomic E-state index is 10.1. The fraction of sp³-hybridized carbons (Fsp3) is 0.385. The van der Waals surface area contributed by atoms with Crippen LogP contribution in [0.25, 0.3) is 0 Å². The fourth-order valence-electron chi connectivity index (χ4n) is 1.71. The Bertz CT molecular complexity index is 513. The smallest absolute Gasteiger partial charge is 0.241 e. The molecule has 2 rings (SSSR count). The summed E-state index contributed by atoms with van der Waals surface area (Å²) in [6, 6.07) is 3.68. The lowest BCUT2D eigenvalue weighted by molar-refractivity contribution is 0.154. The zero-order chi connectivity index (χ0) is 13.7. The van der Waals surface area contributed by atoms with Gasteiger partial charge in [0.1, 0.15) is 17.6 Å². The molecule has 0 bridgehead atoms. The molecule has 0 fully saturated rings. The summed E-state index contributed by atoms with van der Waals surface area (Å²) < 4.78 is 15.3. The molecule has 19 heavy (non-hydrogen) atoms. The van der Waals surface area contributed by atoms with Gasteiger partial charge in [0.15, 0.2) is 0 Å². The third-order valence-corrected chi connectivity index (χ3v) is 2.71. The number of methoxy groups -OCH3 is 2. The summed E-state index contributed by atoms with van der Waals surface area (Å²) in [6.45, 7) is 0. The minimum absolute atomic E-state index is 0.270. The SMILES string of the molecule is COc1cnc(C(O)CCc2ccco2)c(OC)n1. The Morgan fingerprint density at radius 1 is 1.37 bits per heavy atom. The van der Waals surface area contributed by atoms with Gasteiger partial charge in [0.25, 0.3) is 0 Å². The molecule has 0 aromatic carbocycles. The second-order valence-corrected chi connectivity index (χ2v) is 3.94. The van der Waals surface area contributed by atoms with Crippen LogP contribution in [0.5, 0.6) is 11.8 Å². The van der Waals surface area contributed by atoms with Crippen LogP contribution in [0.4, 0.5) is 0 Å². The molecule has 2 heterocycles. The molecular formula is C13H16N2O4. The highest BCUT2D eigenvalue weighted by Gasteiger charge is 2.17. The average Bonchev–Trinajstić information content (AvgIpc) is 2.97. The summed E-state index contributed by atoms with van der Waals surface area (Å²) in [5, 5.41) is 10.1. The van der Waals surface area contributed by atoms with E-state index in [1.54, 1.807) is 6.26 Å². The second kappa shape index (κ2) is 6.19. The van der Waals surface area contributed by atoms with Crippen LogP contribution in [0.2, 0.25) is 0 Å². The first-order chi connectivity index (χ1) is 9.24. The van der Waals surface area contributed by atoms with Gasteiger partial charge >= 0.3 is 0 Å². The quantitative estimate of drug-likeness (QED) is 0.856. The summed E-state index contributed by atoms with van der Waals surface area (Å²) in [7, 11) is 2.97. The maximum Gasteiger partial charge on any atom is 0.241 e. The molecule has 0 amide bonds. The summed E-state index contributed by atoms with van der Waals surface area (Å²) in [5.74, 6) is 1.43. The zero-order valence-corrected chi connectivity index (χ0v) is 10.9. The van der Waals surface area contributed by atoms with Crippen LogP contribution in [0.1, 0.15) is 24.0 Å². The molecule has 1 unspecified atom stereocenters. The summed E-state index contributed by atoms with van der Waals surface area (Å²) in [5.41, 5.74) is 0.398. The minimum Gasteiger partial charge on any atom is -0.480 e. The third-order valence-electron chi connectivity index (χ3n) is 2.71. The van der Waals surface area contributed by atoms with Crippen molar-refractivity contribution >= 4 is 0 Å². The molecule has 2 aromatic rings. The third kappa shape index (κ3) is 3.23. The van der Waals surface area contributed by atoms with E-state index in [0.29, 0.717) is 24.4 Å². The number of ether oxygens (including phenoxy) is 2. The molecular weight excluding hydrogens is 248 g/mol. The van der Waals surface area contributed by atoms with Crippen molar-refractivity contribution in [3.8, 4) is 11.8 Å². The predicted molar refractivity (Wildman–Crippen MR) is 67.1 cm³/mol. The van der Waals surface area contributed by atoms with Gasteiger partial charge in [-0.1, -0.05) is 0 Å². The van der Waals surface area contributed by atoms with Gasteiger partial charge in [-0.05, 0) is 18.6 Å². The van der Waals surface area contributed by atoms with Crippen LogP contribution >= 0.6 is 0 Å². The van der Waals surface area contributed by atoms with Crippen molar-refractivity contribution in [3.63, 3.8) is 0 Å². The molecule has 1 N–H and O–H groups in total. The molecule has 2 aromatic heterocycles. The number of aliphatic hydroxyl groups is 1. The lowest BCUT2D eigenvalue weighted by Crippen LogP contribution is -2.07. The minimum atomic E-state index is -0.765. The molecule has 1 atom stereocenters. The van der Waals surface area contributed by atoms with Gasteiger partial charge in [-0.3, -0.25) is 0 Å². The summed E-state index contributed by atoms with van der Waals surface area (Å²) >= 11 is 0. The number of furan rings is 1. The lowest BCUT2D eigenvalue weighted by Gasteiger charge is -2.12. The summed E-state index contributed by atoms with van der Waals surface area (Å²) in [6.07, 6.45) is 3.39. The highest BCUT2D eigenvalue weighted by Crippen LogP contribution is 2.26. The Kier molecular flexibility index (Phi) is 4.35. The molecule has 0 saturated carbocycles. The highest BCUT2D eigenvalue weighted by atomic mass is 16.5. The van der Waals surface area contributed by atoms with Gasteiger partial charge in [-0.25, -0.2) is 4.98 Å². The van der Waals surface area contributed by atoms with Crippen LogP contribution in [-0.4, -0.2) is 29.3 Å². The number of rotatable bonds is 6. The average molecular weight is 264 g/mol. The van der Waals surface area contributed by atoms with Gasteiger partial charge < -0.3 is 19.0 Å². The molecule has 102 valence electrons. The molecule has 0 aliphatic heterocycles. The summed E-state index contributed by atoms with van der Waals surface area (Å²) in [4.78, 5) is 8.21. The number of nitrogens with zero attached hydrogens (tertiary/aromatic N) is 2. The number of aliphatic hydroxyl groups excluding tert-OH is 1. The second-order valence-electron chi connectivity index (χ2n) is 3.94. The van der Waals surface area contributed by atoms with Crippen molar-refractivity contribution in [1.82, 2.24) is 9.97 Å². The van der Waals surface area contributed by atoms with Crippen molar-refractivity contribution in [2.45, 2.75) is 18.9 Å². The first-order valence-electron chi connectivity index (χ1n) is 5.90. The van der Waals surface area contributed by atoms with E-state index in [1.807, 2.05) is 12.1 Å². The molecule has 0 saturated heterocycles. The van der Waals surface area contributed by atoms with E-state index in [1.165, 1.54) is 20.4 Å². The van der Waals surface area contributed by atoms with Crippen molar-refractivity contribution < 1.29 is 19.0 Å². The maximum absolute atomic E-state index is 10.1. The first-order valence-corrected chi connectivity index (χ1v) is 5.90. The van der Waals surface area contributed by atoms with Crippen LogP contribution in [0.15, 0.2) is 29.0 Å². The largest absolute Gasteiger partial charge is 0.480 e. The van der Waals surface area contributed by atoms with Gasteiger partial charge in [0.05, 0.1) is 26.7 Å². The topological polar surface area (TPSA) is 77.6 Å². The number of aromatic nitrogens is 2. The standard InChI is InChI=1S/C13H16N2O4/c1-17-11-8-14-12(13(15-11)18-2)10(16)6-5-9-4-3-7-19-9/h3-4,7-8,10,16H,5-6H2,1-2H3. The fourth-order valence-corrected chi connectivity index (χ4v) is 1.71. The molecule has 6 heteroatoms. The van der Waals surface area contributed by atoms with Crippen molar-refractivity contribution in [3.05, 3.63) is 36.0 Å². The van der Waals surface area contributed by atoms with Crippen LogP contribution < -0.4 is 9.47 Å². The lowest BCUT2D eigenvalue weighted by atomic mass is 10.1. The van der Waals surface area contributed by atoms with E-state index in [0.717, 1.165) is 5.76 Å². The Balaban J connectivity index is 2.07. The molecule has 0 radical (unpaired) electrons. The van der Waals surface area contributed by atoms with Crippen LogP contribution in [-0.2, 0) is 6.42 Å². The van der Waals surface area contributed by atoms with E-state index < -0.39 is 6.10 Å². The van der Waals surface area contributed by atoms with Crippen molar-refractivity contribution in [2.24, 2.45) is 0 Å². The van der Waals surface area contributed by atoms with Crippen LogP contribution in [0.3, 0.4) is 0 Å². The Morgan fingerprint density at radius 2 is 2.21 bits per heavy atom. The Labute approximate surface area is 111 Å². The number of hydrogen-bond acceptors (Lipinski definition) is 6. The molecule has 0 aliphatic carbocycles. The molecule has 0 aliphatic rings. The Morgan fingerprint density at radius 3 is 2.84 bits per heavy atom. The monoisotopic (exact) mass is 264 g/mol. The molecule has 6 nitrogen and oxygen atoms in total. The molecule has 0 spiro atoms. The van der Waals surface area contributed by atoms with Crippen molar-refractivity contribution in [2.75, 3.05) is 14.2 Å². The van der Waals surface area contributed by atoms with Gasteiger partial charge in [-0.15, -0.1) is 0 Å². The van der Waals surface area contributed by atoms with E-state index in [2.05, 4.69) is 9.97 Å². The van der Waals surface area contributed by atoms with Gasteiger partial charge in [0.2, 0.25) is 11.8 Å². The van der Waals surface area contributed by atoms with Crippen molar-refractivity contribution in [1.29, 1.82) is 0 Å². The van der Waals surface area contributed by atoms with Gasteiger partial charge in [-0.2, -0.15) is 4.98 Å². The van der Waals surface area contributed by atoms with E-state index in [-0.39, 0.29) is 5.88 Å². The van der Waals surface area contributed by atoms with Gasteiger partial charge in [0, 0.05) is 6.42 Å². The first kappa shape index (κ1) is 13.4. The zero-order valence-electron chi connectivity index (χ0n) is 10.9. The normalized spacial score (nSPS) is 12.2. The number of aryl methyl sites for hydroxylation is 1. The predicted octanol–water partition coefficient (Wildman–Crippen LogP) is 1.75. The Hall–Kier alpha value is -2.08.